The summed E-state index contributed by atoms with van der Waals surface area (Å²) in [6, 6.07) is 12.6. The predicted octanol–water partition coefficient (Wildman–Crippen LogP) is 5.55. The number of hydrogen-bond acceptors (Lipinski definition) is 1. The van der Waals surface area contributed by atoms with Crippen molar-refractivity contribution >= 4 is 39.1 Å². The van der Waals surface area contributed by atoms with Crippen LogP contribution in [0.15, 0.2) is 46.9 Å². The molecule has 4 heteroatoms. The van der Waals surface area contributed by atoms with E-state index in [4.69, 9.17) is 27.9 Å². The van der Waals surface area contributed by atoms with E-state index in [2.05, 4.69) is 15.9 Å². The third-order valence-corrected chi connectivity index (χ3v) is 2.94. The predicted molar refractivity (Wildman–Crippen MR) is 70.7 cm³/mol. The maximum Gasteiger partial charge on any atom is 0.146 e. The highest BCUT2D eigenvalue weighted by molar-refractivity contribution is 9.10. The maximum atomic E-state index is 6.03. The number of hydrogen-bond donors (Lipinski definition) is 0. The zero-order valence-corrected chi connectivity index (χ0v) is 11.2. The Kier molecular flexibility index (Phi) is 3.74. The summed E-state index contributed by atoms with van der Waals surface area (Å²) >= 11 is 15.2. The summed E-state index contributed by atoms with van der Waals surface area (Å²) in [4.78, 5) is 0. The van der Waals surface area contributed by atoms with Gasteiger partial charge in [-0.25, -0.2) is 0 Å². The molecule has 0 saturated carbocycles. The molecule has 2 aromatic carbocycles. The van der Waals surface area contributed by atoms with Crippen molar-refractivity contribution in [3.63, 3.8) is 0 Å². The van der Waals surface area contributed by atoms with Gasteiger partial charge in [0.2, 0.25) is 0 Å². The summed E-state index contributed by atoms with van der Waals surface area (Å²) in [7, 11) is 0. The first-order valence-electron chi connectivity index (χ1n) is 4.53. The SMILES string of the molecule is Clc1cccc(Oc2ccc(Br)cc2Cl)c1. The normalized spacial score (nSPS) is 10.2. The molecule has 0 amide bonds. The molecule has 0 aliphatic carbocycles. The molecule has 0 N–H and O–H groups in total. The molecular formula is C12H7BrCl2O. The lowest BCUT2D eigenvalue weighted by Crippen LogP contribution is -1.84. The van der Waals surface area contributed by atoms with Gasteiger partial charge in [0.1, 0.15) is 11.5 Å². The van der Waals surface area contributed by atoms with Crippen LogP contribution in [-0.4, -0.2) is 0 Å². The fraction of sp³-hybridized carbons (Fsp3) is 0. The molecule has 0 radical (unpaired) electrons. The third-order valence-electron chi connectivity index (χ3n) is 1.92. The second-order valence-electron chi connectivity index (χ2n) is 3.13. The summed E-state index contributed by atoms with van der Waals surface area (Å²) in [5, 5.41) is 1.18. The van der Waals surface area contributed by atoms with E-state index in [-0.39, 0.29) is 0 Å². The molecule has 2 aromatic rings. The van der Waals surface area contributed by atoms with Gasteiger partial charge in [-0.2, -0.15) is 0 Å². The Labute approximate surface area is 112 Å². The molecule has 0 aliphatic rings. The molecule has 0 aliphatic heterocycles. The number of halogens is 3. The van der Waals surface area contributed by atoms with Crippen molar-refractivity contribution in [2.24, 2.45) is 0 Å². The standard InChI is InChI=1S/C12H7BrCl2O/c13-8-4-5-12(11(15)6-8)16-10-3-1-2-9(14)7-10/h1-7H. The summed E-state index contributed by atoms with van der Waals surface area (Å²) in [6.45, 7) is 0. The molecule has 0 spiro atoms. The van der Waals surface area contributed by atoms with E-state index in [1.165, 1.54) is 0 Å². The fourth-order valence-electron chi connectivity index (χ4n) is 1.22. The Morgan fingerprint density at radius 2 is 1.81 bits per heavy atom. The summed E-state index contributed by atoms with van der Waals surface area (Å²) in [5.41, 5.74) is 0. The molecule has 0 bridgehead atoms. The monoisotopic (exact) mass is 316 g/mol. The van der Waals surface area contributed by atoms with Crippen LogP contribution in [0.2, 0.25) is 10.0 Å². The van der Waals surface area contributed by atoms with Crippen LogP contribution in [0.4, 0.5) is 0 Å². The number of rotatable bonds is 2. The molecule has 0 heterocycles. The topological polar surface area (TPSA) is 9.23 Å². The number of ether oxygens (including phenoxy) is 1. The van der Waals surface area contributed by atoms with E-state index < -0.39 is 0 Å². The van der Waals surface area contributed by atoms with Crippen molar-refractivity contribution in [3.8, 4) is 11.5 Å². The van der Waals surface area contributed by atoms with Crippen LogP contribution in [0.3, 0.4) is 0 Å². The first-order chi connectivity index (χ1) is 7.65. The highest BCUT2D eigenvalue weighted by Gasteiger charge is 2.03. The largest absolute Gasteiger partial charge is 0.456 e. The van der Waals surface area contributed by atoms with Gasteiger partial charge >= 0.3 is 0 Å². The third kappa shape index (κ3) is 2.91. The Morgan fingerprint density at radius 1 is 1.00 bits per heavy atom. The summed E-state index contributed by atoms with van der Waals surface area (Å²) < 4.78 is 6.52. The number of benzene rings is 2. The van der Waals surface area contributed by atoms with Gasteiger partial charge in [-0.1, -0.05) is 45.2 Å². The Balaban J connectivity index is 2.27. The fourth-order valence-corrected chi connectivity index (χ4v) is 2.11. The first kappa shape index (κ1) is 11.8. The van der Waals surface area contributed by atoms with Crippen LogP contribution in [0, 0.1) is 0 Å². The molecule has 0 saturated heterocycles. The van der Waals surface area contributed by atoms with E-state index >= 15 is 0 Å². The van der Waals surface area contributed by atoms with Crippen LogP contribution in [0.25, 0.3) is 0 Å². The van der Waals surface area contributed by atoms with E-state index in [0.29, 0.717) is 21.5 Å². The van der Waals surface area contributed by atoms with Gasteiger partial charge in [-0.15, -0.1) is 0 Å². The lowest BCUT2D eigenvalue weighted by atomic mass is 10.3. The Bertz CT molecular complexity index is 514. The van der Waals surface area contributed by atoms with Crippen molar-refractivity contribution in [1.29, 1.82) is 0 Å². The maximum absolute atomic E-state index is 6.03. The average molecular weight is 318 g/mol. The zero-order chi connectivity index (χ0) is 11.5. The molecule has 0 unspecified atom stereocenters. The second-order valence-corrected chi connectivity index (χ2v) is 4.89. The van der Waals surface area contributed by atoms with Crippen LogP contribution in [0.1, 0.15) is 0 Å². The average Bonchev–Trinajstić information content (AvgIpc) is 2.22. The molecule has 1 nitrogen and oxygen atoms in total. The van der Waals surface area contributed by atoms with Gasteiger partial charge in [0.25, 0.3) is 0 Å². The lowest BCUT2D eigenvalue weighted by Gasteiger charge is -2.07. The van der Waals surface area contributed by atoms with Crippen molar-refractivity contribution < 1.29 is 4.74 Å². The quantitative estimate of drug-likeness (QED) is 0.705. The minimum absolute atomic E-state index is 0.550. The lowest BCUT2D eigenvalue weighted by molar-refractivity contribution is 0.483. The summed E-state index contributed by atoms with van der Waals surface area (Å²) in [5.74, 6) is 1.27. The Hall–Kier alpha value is -0.700. The van der Waals surface area contributed by atoms with Crippen molar-refractivity contribution in [2.75, 3.05) is 0 Å². The van der Waals surface area contributed by atoms with Crippen LogP contribution >= 0.6 is 39.1 Å². The van der Waals surface area contributed by atoms with Gasteiger partial charge in [-0.3, -0.25) is 0 Å². The first-order valence-corrected chi connectivity index (χ1v) is 6.08. The molecule has 0 aromatic heterocycles. The highest BCUT2D eigenvalue weighted by atomic mass is 79.9. The van der Waals surface area contributed by atoms with E-state index in [9.17, 15) is 0 Å². The Morgan fingerprint density at radius 3 is 2.50 bits per heavy atom. The van der Waals surface area contributed by atoms with Crippen molar-refractivity contribution in [1.82, 2.24) is 0 Å². The summed E-state index contributed by atoms with van der Waals surface area (Å²) in [6.07, 6.45) is 0. The van der Waals surface area contributed by atoms with Gasteiger partial charge in [0.15, 0.2) is 0 Å². The van der Waals surface area contributed by atoms with Gasteiger partial charge in [-0.05, 0) is 36.4 Å². The van der Waals surface area contributed by atoms with Crippen LogP contribution < -0.4 is 4.74 Å². The second kappa shape index (κ2) is 5.09. The van der Waals surface area contributed by atoms with Crippen LogP contribution in [0.5, 0.6) is 11.5 Å². The van der Waals surface area contributed by atoms with E-state index in [1.807, 2.05) is 18.2 Å². The van der Waals surface area contributed by atoms with E-state index in [1.54, 1.807) is 24.3 Å². The molecule has 0 fully saturated rings. The molecular weight excluding hydrogens is 311 g/mol. The minimum atomic E-state index is 0.550. The molecule has 82 valence electrons. The van der Waals surface area contributed by atoms with Gasteiger partial charge < -0.3 is 4.74 Å². The van der Waals surface area contributed by atoms with Gasteiger partial charge in [0.05, 0.1) is 5.02 Å². The smallest absolute Gasteiger partial charge is 0.146 e. The molecule has 16 heavy (non-hydrogen) atoms. The zero-order valence-electron chi connectivity index (χ0n) is 8.08. The van der Waals surface area contributed by atoms with Crippen molar-refractivity contribution in [2.45, 2.75) is 0 Å². The molecule has 0 atom stereocenters. The van der Waals surface area contributed by atoms with Gasteiger partial charge in [0, 0.05) is 9.50 Å². The van der Waals surface area contributed by atoms with Crippen molar-refractivity contribution in [3.05, 3.63) is 57.0 Å². The van der Waals surface area contributed by atoms with Crippen LogP contribution in [-0.2, 0) is 0 Å². The van der Waals surface area contributed by atoms with E-state index in [0.717, 1.165) is 4.47 Å². The molecule has 2 rings (SSSR count). The minimum Gasteiger partial charge on any atom is -0.456 e. The highest BCUT2D eigenvalue weighted by Crippen LogP contribution is 2.32.